The van der Waals surface area contributed by atoms with Gasteiger partial charge in [0.1, 0.15) is 6.04 Å². The quantitative estimate of drug-likeness (QED) is 0.331. The highest BCUT2D eigenvalue weighted by Crippen LogP contribution is 2.18. The van der Waals surface area contributed by atoms with E-state index in [2.05, 4.69) is 15.4 Å². The second-order valence-corrected chi connectivity index (χ2v) is 5.33. The lowest BCUT2D eigenvalue weighted by molar-refractivity contribution is -0.145. The molecule has 0 saturated carbocycles. The summed E-state index contributed by atoms with van der Waals surface area (Å²) < 4.78 is 4.60. The van der Waals surface area contributed by atoms with Crippen LogP contribution in [0.25, 0.3) is 0 Å². The average Bonchev–Trinajstić information content (AvgIpc) is 2.65. The normalized spacial score (nSPS) is 11.5. The van der Waals surface area contributed by atoms with E-state index in [0.29, 0.717) is 6.08 Å². The van der Waals surface area contributed by atoms with Gasteiger partial charge in [0.15, 0.2) is 5.78 Å². The summed E-state index contributed by atoms with van der Waals surface area (Å²) in [4.78, 5) is 58.2. The van der Waals surface area contributed by atoms with Crippen LogP contribution in [-0.4, -0.2) is 47.8 Å². The van der Waals surface area contributed by atoms with Crippen molar-refractivity contribution >= 4 is 35.2 Å². The van der Waals surface area contributed by atoms with E-state index < -0.39 is 35.6 Å². The molecule has 2 amide bonds. The number of ketones is 1. The number of amides is 2. The van der Waals surface area contributed by atoms with Crippen LogP contribution in [0.2, 0.25) is 0 Å². The third-order valence-corrected chi connectivity index (χ3v) is 3.39. The molecule has 144 valence electrons. The molecule has 9 nitrogen and oxygen atoms in total. The summed E-state index contributed by atoms with van der Waals surface area (Å²) in [7, 11) is 1.14. The summed E-state index contributed by atoms with van der Waals surface area (Å²) >= 11 is 0. The molecule has 0 aliphatic heterocycles. The average molecular weight is 376 g/mol. The molecule has 9 heteroatoms. The third kappa shape index (κ3) is 7.10. The van der Waals surface area contributed by atoms with E-state index in [1.54, 1.807) is 19.1 Å². The number of hydrogen-bond acceptors (Lipinski definition) is 6. The Morgan fingerprint density at radius 3 is 2.41 bits per heavy atom. The van der Waals surface area contributed by atoms with Crippen molar-refractivity contribution in [1.29, 1.82) is 0 Å². The molecular formula is C18H20N2O7. The van der Waals surface area contributed by atoms with E-state index in [1.807, 2.05) is 0 Å². The van der Waals surface area contributed by atoms with Crippen molar-refractivity contribution in [3.8, 4) is 0 Å². The number of hydrogen-bond donors (Lipinski definition) is 3. The molecule has 1 rings (SSSR count). The molecule has 0 aliphatic rings. The van der Waals surface area contributed by atoms with Gasteiger partial charge in [0.2, 0.25) is 11.8 Å². The lowest BCUT2D eigenvalue weighted by atomic mass is 10.0. The maximum absolute atomic E-state index is 12.6. The zero-order valence-electron chi connectivity index (χ0n) is 14.9. The van der Waals surface area contributed by atoms with Crippen LogP contribution >= 0.6 is 0 Å². The molecule has 0 saturated heterocycles. The minimum absolute atomic E-state index is 0.106. The summed E-state index contributed by atoms with van der Waals surface area (Å²) in [5.74, 6) is -3.72. The number of Topliss-reactive ketones (excluding diaryl/α,β-unsaturated/α-hetero) is 1. The maximum atomic E-state index is 12.6. The number of ether oxygens (including phenoxy) is 1. The van der Waals surface area contributed by atoms with Gasteiger partial charge in [0, 0.05) is 30.6 Å². The summed E-state index contributed by atoms with van der Waals surface area (Å²) in [6.07, 6.45) is 1.23. The van der Waals surface area contributed by atoms with Crippen molar-refractivity contribution in [2.24, 2.45) is 0 Å². The number of methoxy groups -OCH3 is 1. The first kappa shape index (κ1) is 21.6. The molecular weight excluding hydrogens is 356 g/mol. The summed E-state index contributed by atoms with van der Waals surface area (Å²) in [5, 5.41) is 13.4. The first-order valence-electron chi connectivity index (χ1n) is 7.99. The van der Waals surface area contributed by atoms with E-state index >= 15 is 0 Å². The van der Waals surface area contributed by atoms with Gasteiger partial charge in [0.25, 0.3) is 0 Å². The number of carbonyl (C=O) groups is 5. The second-order valence-electron chi connectivity index (χ2n) is 5.33. The molecule has 1 aromatic rings. The summed E-state index contributed by atoms with van der Waals surface area (Å²) in [6, 6.07) is 4.87. The minimum Gasteiger partial charge on any atom is -0.478 e. The van der Waals surface area contributed by atoms with Gasteiger partial charge in [-0.25, -0.2) is 9.59 Å². The van der Waals surface area contributed by atoms with Gasteiger partial charge in [-0.3, -0.25) is 14.4 Å². The molecule has 0 radical (unpaired) electrons. The largest absolute Gasteiger partial charge is 0.478 e. The van der Waals surface area contributed by atoms with Gasteiger partial charge in [-0.05, 0) is 12.1 Å². The van der Waals surface area contributed by atoms with Gasteiger partial charge >= 0.3 is 11.9 Å². The fraction of sp³-hybridized carbons (Fsp3) is 0.278. The van der Waals surface area contributed by atoms with Gasteiger partial charge in [0.05, 0.1) is 12.8 Å². The number of benzene rings is 1. The van der Waals surface area contributed by atoms with Crippen LogP contribution in [0.1, 0.15) is 30.1 Å². The minimum atomic E-state index is -1.29. The lowest BCUT2D eigenvalue weighted by Gasteiger charge is -2.16. The SMILES string of the molecule is CCC(=O)NC(CC(=O)c1ccccc1NC(=O)/C=C\C(=O)O)C(=O)OC. The predicted octanol–water partition coefficient (Wildman–Crippen LogP) is 0.906. The van der Waals surface area contributed by atoms with Crippen molar-refractivity contribution in [3.63, 3.8) is 0 Å². The number of carbonyl (C=O) groups excluding carboxylic acids is 4. The van der Waals surface area contributed by atoms with Crippen LogP contribution in [0.4, 0.5) is 5.69 Å². The van der Waals surface area contributed by atoms with Crippen molar-refractivity contribution in [2.75, 3.05) is 12.4 Å². The smallest absolute Gasteiger partial charge is 0.328 e. The van der Waals surface area contributed by atoms with Crippen molar-refractivity contribution in [1.82, 2.24) is 5.32 Å². The number of aliphatic carboxylic acids is 1. The van der Waals surface area contributed by atoms with Crippen LogP contribution in [0.3, 0.4) is 0 Å². The van der Waals surface area contributed by atoms with Crippen molar-refractivity contribution in [2.45, 2.75) is 25.8 Å². The van der Waals surface area contributed by atoms with E-state index in [4.69, 9.17) is 5.11 Å². The number of rotatable bonds is 9. The number of nitrogens with one attached hydrogen (secondary N) is 2. The zero-order chi connectivity index (χ0) is 20.4. The first-order chi connectivity index (χ1) is 12.8. The number of esters is 1. The van der Waals surface area contributed by atoms with E-state index in [9.17, 15) is 24.0 Å². The molecule has 1 aromatic carbocycles. The Kier molecular flexibility index (Phi) is 8.37. The first-order valence-corrected chi connectivity index (χ1v) is 7.99. The van der Waals surface area contributed by atoms with E-state index in [-0.39, 0.29) is 24.1 Å². The van der Waals surface area contributed by atoms with E-state index in [1.165, 1.54) is 12.1 Å². The maximum Gasteiger partial charge on any atom is 0.328 e. The Hall–Kier alpha value is -3.49. The van der Waals surface area contributed by atoms with Gasteiger partial charge in [-0.2, -0.15) is 0 Å². The molecule has 3 N–H and O–H groups in total. The van der Waals surface area contributed by atoms with Gasteiger partial charge in [-0.1, -0.05) is 19.1 Å². The number of carboxylic acid groups (broad SMARTS) is 1. The Morgan fingerprint density at radius 1 is 1.15 bits per heavy atom. The molecule has 1 unspecified atom stereocenters. The zero-order valence-corrected chi connectivity index (χ0v) is 14.9. The van der Waals surface area contributed by atoms with Crippen molar-refractivity contribution in [3.05, 3.63) is 42.0 Å². The Morgan fingerprint density at radius 2 is 1.81 bits per heavy atom. The topological polar surface area (TPSA) is 139 Å². The monoisotopic (exact) mass is 376 g/mol. The molecule has 1 atom stereocenters. The molecule has 0 spiro atoms. The molecule has 0 heterocycles. The molecule has 0 aromatic heterocycles. The Balaban J connectivity index is 2.99. The lowest BCUT2D eigenvalue weighted by Crippen LogP contribution is -2.42. The number of para-hydroxylation sites is 1. The van der Waals surface area contributed by atoms with Crippen LogP contribution in [0.15, 0.2) is 36.4 Å². The Labute approximate surface area is 155 Å². The van der Waals surface area contributed by atoms with Crippen molar-refractivity contribution < 1.29 is 33.8 Å². The standard InChI is InChI=1S/C18H20N2O7/c1-3-15(22)20-13(18(26)27-2)10-14(21)11-6-4-5-7-12(11)19-16(23)8-9-17(24)25/h4-9,13H,3,10H2,1-2H3,(H,19,23)(H,20,22)(H,24,25)/b9-8-. The molecule has 0 aliphatic carbocycles. The predicted molar refractivity (Wildman–Crippen MR) is 95.0 cm³/mol. The molecule has 27 heavy (non-hydrogen) atoms. The van der Waals surface area contributed by atoms with Crippen LogP contribution < -0.4 is 10.6 Å². The summed E-state index contributed by atoms with van der Waals surface area (Å²) in [5.41, 5.74) is 0.252. The third-order valence-electron chi connectivity index (χ3n) is 3.39. The fourth-order valence-electron chi connectivity index (χ4n) is 2.08. The molecule has 0 fully saturated rings. The Bertz CT molecular complexity index is 771. The summed E-state index contributed by atoms with van der Waals surface area (Å²) in [6.45, 7) is 1.60. The molecule has 0 bridgehead atoms. The number of carboxylic acids is 1. The number of anilines is 1. The van der Waals surface area contributed by atoms with Gasteiger partial charge < -0.3 is 20.5 Å². The fourth-order valence-corrected chi connectivity index (χ4v) is 2.08. The highest BCUT2D eigenvalue weighted by Gasteiger charge is 2.25. The van der Waals surface area contributed by atoms with Crippen LogP contribution in [-0.2, 0) is 23.9 Å². The van der Waals surface area contributed by atoms with Crippen LogP contribution in [0, 0.1) is 0 Å². The second kappa shape index (κ2) is 10.5. The van der Waals surface area contributed by atoms with E-state index in [0.717, 1.165) is 13.2 Å². The highest BCUT2D eigenvalue weighted by molar-refractivity contribution is 6.09. The van der Waals surface area contributed by atoms with Crippen LogP contribution in [0.5, 0.6) is 0 Å². The van der Waals surface area contributed by atoms with Gasteiger partial charge in [-0.15, -0.1) is 0 Å². The highest BCUT2D eigenvalue weighted by atomic mass is 16.5.